The fourth-order valence-electron chi connectivity index (χ4n) is 2.10. The molecule has 0 radical (unpaired) electrons. The van der Waals surface area contributed by atoms with E-state index in [0.29, 0.717) is 0 Å². The summed E-state index contributed by atoms with van der Waals surface area (Å²) in [5.74, 6) is 0. The van der Waals surface area contributed by atoms with Crippen molar-refractivity contribution in [3.05, 3.63) is 41.5 Å². The van der Waals surface area contributed by atoms with Crippen LogP contribution in [0, 0.1) is 0 Å². The summed E-state index contributed by atoms with van der Waals surface area (Å²) < 4.78 is 1.72. The van der Waals surface area contributed by atoms with Crippen molar-refractivity contribution >= 4 is 0 Å². The molecule has 5 heteroatoms. The lowest BCUT2D eigenvalue weighted by Crippen LogP contribution is -2.21. The predicted octanol–water partition coefficient (Wildman–Crippen LogP) is 1.28. The molecule has 0 amide bonds. The molecule has 0 aliphatic heterocycles. The molecule has 2 rings (SSSR count). The average Bonchev–Trinajstić information content (AvgIpc) is 2.81. The molecule has 0 aromatic carbocycles. The molecular weight excluding hydrogens is 226 g/mol. The summed E-state index contributed by atoms with van der Waals surface area (Å²) in [6, 6.07) is 4.29. The zero-order valence-corrected chi connectivity index (χ0v) is 11.1. The number of hydrogen-bond donors (Lipinski definition) is 1. The minimum atomic E-state index is 0.179. The Kier molecular flexibility index (Phi) is 4.04. The van der Waals surface area contributed by atoms with Gasteiger partial charge in [0, 0.05) is 25.9 Å². The van der Waals surface area contributed by atoms with Gasteiger partial charge in [-0.3, -0.25) is 9.67 Å². The highest BCUT2D eigenvalue weighted by molar-refractivity contribution is 5.24. The molecule has 18 heavy (non-hydrogen) atoms. The van der Waals surface area contributed by atoms with Crippen molar-refractivity contribution in [2.75, 3.05) is 7.05 Å². The van der Waals surface area contributed by atoms with E-state index in [1.165, 1.54) is 5.56 Å². The second-order valence-electron chi connectivity index (χ2n) is 4.33. The summed E-state index contributed by atoms with van der Waals surface area (Å²) in [4.78, 5) is 4.51. The number of hydrogen-bond acceptors (Lipinski definition) is 4. The van der Waals surface area contributed by atoms with Gasteiger partial charge in [-0.25, -0.2) is 0 Å². The lowest BCUT2D eigenvalue weighted by atomic mass is 10.0. The molecule has 5 nitrogen and oxygen atoms in total. The minimum Gasteiger partial charge on any atom is -0.311 e. The van der Waals surface area contributed by atoms with Crippen molar-refractivity contribution in [3.63, 3.8) is 0 Å². The smallest absolute Gasteiger partial charge is 0.0846 e. The number of likely N-dealkylation sites (N-methyl/N-ethyl adjacent to an activating group) is 1. The molecule has 1 N–H and O–H groups in total. The number of pyridine rings is 1. The average molecular weight is 245 g/mol. The molecule has 2 aromatic heterocycles. The van der Waals surface area contributed by atoms with Crippen molar-refractivity contribution in [1.82, 2.24) is 25.3 Å². The Morgan fingerprint density at radius 2 is 2.28 bits per heavy atom. The van der Waals surface area contributed by atoms with E-state index in [0.717, 1.165) is 24.2 Å². The van der Waals surface area contributed by atoms with Crippen molar-refractivity contribution < 1.29 is 0 Å². The molecule has 2 heterocycles. The van der Waals surface area contributed by atoms with Crippen molar-refractivity contribution in [2.45, 2.75) is 25.8 Å². The van der Waals surface area contributed by atoms with E-state index in [1.807, 2.05) is 32.6 Å². The van der Waals surface area contributed by atoms with Crippen LogP contribution in [-0.2, 0) is 19.9 Å². The van der Waals surface area contributed by atoms with Crippen LogP contribution in [0.4, 0.5) is 0 Å². The van der Waals surface area contributed by atoms with Crippen molar-refractivity contribution in [3.8, 4) is 0 Å². The lowest BCUT2D eigenvalue weighted by molar-refractivity contribution is 0.562. The van der Waals surface area contributed by atoms with Gasteiger partial charge in [-0.1, -0.05) is 18.2 Å². The Bertz CT molecular complexity index is 506. The van der Waals surface area contributed by atoms with Gasteiger partial charge in [-0.05, 0) is 25.1 Å². The van der Waals surface area contributed by atoms with Crippen LogP contribution < -0.4 is 5.32 Å². The van der Waals surface area contributed by atoms with Crippen LogP contribution in [0.1, 0.15) is 29.9 Å². The molecule has 96 valence electrons. The first-order valence-electron chi connectivity index (χ1n) is 6.20. The summed E-state index contributed by atoms with van der Waals surface area (Å²) in [6.45, 7) is 2.15. The predicted molar refractivity (Wildman–Crippen MR) is 70.1 cm³/mol. The molecule has 0 aliphatic rings. The van der Waals surface area contributed by atoms with E-state index in [2.05, 4.69) is 33.6 Å². The van der Waals surface area contributed by atoms with Crippen LogP contribution in [0.2, 0.25) is 0 Å². The topological polar surface area (TPSA) is 55.6 Å². The van der Waals surface area contributed by atoms with Crippen LogP contribution in [0.15, 0.2) is 24.5 Å². The Labute approximate surface area is 107 Å². The summed E-state index contributed by atoms with van der Waals surface area (Å²) in [7, 11) is 3.83. The first-order chi connectivity index (χ1) is 8.74. The molecule has 0 fully saturated rings. The van der Waals surface area contributed by atoms with Gasteiger partial charge >= 0.3 is 0 Å². The molecule has 0 bridgehead atoms. The van der Waals surface area contributed by atoms with Gasteiger partial charge in [0.2, 0.25) is 0 Å². The Balaban J connectivity index is 2.22. The quantitative estimate of drug-likeness (QED) is 0.862. The lowest BCUT2D eigenvalue weighted by Gasteiger charge is -2.17. The number of rotatable bonds is 5. The third kappa shape index (κ3) is 2.73. The van der Waals surface area contributed by atoms with Gasteiger partial charge in [0.15, 0.2) is 0 Å². The number of nitrogens with one attached hydrogen (secondary N) is 1. The highest BCUT2D eigenvalue weighted by Gasteiger charge is 2.16. The van der Waals surface area contributed by atoms with E-state index >= 15 is 0 Å². The fraction of sp³-hybridized carbons (Fsp3) is 0.462. The van der Waals surface area contributed by atoms with Gasteiger partial charge in [-0.2, -0.15) is 0 Å². The van der Waals surface area contributed by atoms with Crippen LogP contribution in [-0.4, -0.2) is 27.0 Å². The Hall–Kier alpha value is -1.75. The SMILES string of the molecule is CCc1cccnc1C(Cc1cn(C)nn1)NC. The highest BCUT2D eigenvalue weighted by Crippen LogP contribution is 2.19. The highest BCUT2D eigenvalue weighted by atomic mass is 15.4. The maximum Gasteiger partial charge on any atom is 0.0846 e. The zero-order valence-electron chi connectivity index (χ0n) is 11.1. The standard InChI is InChI=1S/C13H19N5/c1-4-10-6-5-7-15-13(10)12(14-2)8-11-9-18(3)17-16-11/h5-7,9,12,14H,4,8H2,1-3H3. The number of nitrogens with zero attached hydrogens (tertiary/aromatic N) is 4. The second-order valence-corrected chi connectivity index (χ2v) is 4.33. The summed E-state index contributed by atoms with van der Waals surface area (Å²) in [6.07, 6.45) is 5.57. The minimum absolute atomic E-state index is 0.179. The summed E-state index contributed by atoms with van der Waals surface area (Å²) >= 11 is 0. The van der Waals surface area contributed by atoms with Crippen molar-refractivity contribution in [2.24, 2.45) is 7.05 Å². The van der Waals surface area contributed by atoms with Crippen LogP contribution in [0.25, 0.3) is 0 Å². The van der Waals surface area contributed by atoms with E-state index in [1.54, 1.807) is 4.68 Å². The van der Waals surface area contributed by atoms with Gasteiger partial charge in [-0.15, -0.1) is 5.10 Å². The van der Waals surface area contributed by atoms with Crippen molar-refractivity contribution in [1.29, 1.82) is 0 Å². The van der Waals surface area contributed by atoms with Gasteiger partial charge < -0.3 is 5.32 Å². The molecule has 0 saturated heterocycles. The number of aromatic nitrogens is 4. The van der Waals surface area contributed by atoms with E-state index in [4.69, 9.17) is 0 Å². The monoisotopic (exact) mass is 245 g/mol. The third-order valence-corrected chi connectivity index (χ3v) is 3.05. The second kappa shape index (κ2) is 5.73. The largest absolute Gasteiger partial charge is 0.311 e. The molecule has 2 aromatic rings. The molecule has 0 aliphatic carbocycles. The van der Waals surface area contributed by atoms with E-state index in [9.17, 15) is 0 Å². The fourth-order valence-corrected chi connectivity index (χ4v) is 2.10. The summed E-state index contributed by atoms with van der Waals surface area (Å²) in [5.41, 5.74) is 3.36. The van der Waals surface area contributed by atoms with Gasteiger partial charge in [0.1, 0.15) is 0 Å². The van der Waals surface area contributed by atoms with Gasteiger partial charge in [0.05, 0.1) is 17.4 Å². The maximum absolute atomic E-state index is 4.51. The normalized spacial score (nSPS) is 12.6. The third-order valence-electron chi connectivity index (χ3n) is 3.05. The zero-order chi connectivity index (χ0) is 13.0. The summed E-state index contributed by atoms with van der Waals surface area (Å²) in [5, 5.41) is 11.4. The first-order valence-corrected chi connectivity index (χ1v) is 6.20. The van der Waals surface area contributed by atoms with Crippen LogP contribution in [0.5, 0.6) is 0 Å². The van der Waals surface area contributed by atoms with E-state index in [-0.39, 0.29) is 6.04 Å². The van der Waals surface area contributed by atoms with Crippen LogP contribution >= 0.6 is 0 Å². The Morgan fingerprint density at radius 1 is 1.44 bits per heavy atom. The Morgan fingerprint density at radius 3 is 2.89 bits per heavy atom. The van der Waals surface area contributed by atoms with E-state index < -0.39 is 0 Å². The first kappa shape index (κ1) is 12.7. The number of aryl methyl sites for hydroxylation is 2. The molecule has 0 spiro atoms. The van der Waals surface area contributed by atoms with Crippen LogP contribution in [0.3, 0.4) is 0 Å². The van der Waals surface area contributed by atoms with Gasteiger partial charge in [0.25, 0.3) is 0 Å². The molecular formula is C13H19N5. The maximum atomic E-state index is 4.51. The molecule has 1 atom stereocenters. The molecule has 1 unspecified atom stereocenters. The molecule has 0 saturated carbocycles.